The number of anilines is 5. The predicted molar refractivity (Wildman–Crippen MR) is 166 cm³/mol. The van der Waals surface area contributed by atoms with Crippen molar-refractivity contribution >= 4 is 45.9 Å². The van der Waals surface area contributed by atoms with E-state index in [0.717, 1.165) is 48.8 Å². The van der Waals surface area contributed by atoms with E-state index >= 15 is 0 Å². The fraction of sp³-hybridized carbons (Fsp3) is 0.467. The molecule has 13 heteroatoms. The van der Waals surface area contributed by atoms with Crippen LogP contribution in [0, 0.1) is 6.92 Å². The molecule has 13 nitrogen and oxygen atoms in total. The summed E-state index contributed by atoms with van der Waals surface area (Å²) in [4.78, 5) is 35.8. The van der Waals surface area contributed by atoms with E-state index in [1.165, 1.54) is 12.8 Å². The second-order valence-electron chi connectivity index (χ2n) is 11.7. The SMILES string of the molecule is Cc1ncc(C(=O)NCCN2CCCC2(C)C)cc1Nc1nn(C)c2nc(Nc3ccnc(N4CCOCC4)c3)ncc12. The summed E-state index contributed by atoms with van der Waals surface area (Å²) in [6, 6.07) is 5.69. The molecule has 43 heavy (non-hydrogen) atoms. The van der Waals surface area contributed by atoms with Crippen molar-refractivity contribution in [3.8, 4) is 0 Å². The van der Waals surface area contributed by atoms with Crippen molar-refractivity contribution in [2.45, 2.75) is 39.2 Å². The Bertz CT molecular complexity index is 1610. The summed E-state index contributed by atoms with van der Waals surface area (Å²) in [6.45, 7) is 11.9. The molecule has 0 aliphatic carbocycles. The molecule has 0 radical (unpaired) electrons. The first-order chi connectivity index (χ1) is 20.8. The Balaban J connectivity index is 1.14. The van der Waals surface area contributed by atoms with Gasteiger partial charge in [0, 0.05) is 69.1 Å². The fourth-order valence-corrected chi connectivity index (χ4v) is 5.68. The van der Waals surface area contributed by atoms with Gasteiger partial charge in [0.2, 0.25) is 5.95 Å². The van der Waals surface area contributed by atoms with E-state index in [1.54, 1.807) is 23.3 Å². The number of ether oxygens (including phenoxy) is 1. The topological polar surface area (TPSA) is 138 Å². The second-order valence-corrected chi connectivity index (χ2v) is 11.7. The molecule has 226 valence electrons. The number of hydrogen-bond donors (Lipinski definition) is 3. The quantitative estimate of drug-likeness (QED) is 0.266. The van der Waals surface area contributed by atoms with Gasteiger partial charge in [-0.15, -0.1) is 0 Å². The van der Waals surface area contributed by atoms with Crippen molar-refractivity contribution in [1.82, 2.24) is 39.9 Å². The normalized spacial score (nSPS) is 16.9. The summed E-state index contributed by atoms with van der Waals surface area (Å²) in [5.74, 6) is 1.78. The summed E-state index contributed by atoms with van der Waals surface area (Å²) in [6.07, 6.45) is 7.50. The minimum atomic E-state index is -0.148. The number of pyridine rings is 2. The van der Waals surface area contributed by atoms with E-state index in [2.05, 4.69) is 59.6 Å². The van der Waals surface area contributed by atoms with Crippen LogP contribution in [0.2, 0.25) is 0 Å². The third kappa shape index (κ3) is 6.37. The van der Waals surface area contributed by atoms with Gasteiger partial charge >= 0.3 is 0 Å². The van der Waals surface area contributed by atoms with Crippen molar-refractivity contribution < 1.29 is 9.53 Å². The molecule has 0 bridgehead atoms. The zero-order valence-electron chi connectivity index (χ0n) is 25.2. The van der Waals surface area contributed by atoms with Gasteiger partial charge in [0.25, 0.3) is 5.91 Å². The largest absolute Gasteiger partial charge is 0.378 e. The lowest BCUT2D eigenvalue weighted by Gasteiger charge is -2.31. The van der Waals surface area contributed by atoms with Crippen molar-refractivity contribution in [2.24, 2.45) is 7.05 Å². The molecule has 0 aromatic carbocycles. The highest BCUT2D eigenvalue weighted by atomic mass is 16.5. The summed E-state index contributed by atoms with van der Waals surface area (Å²) < 4.78 is 7.16. The van der Waals surface area contributed by atoms with Crippen molar-refractivity contribution in [3.63, 3.8) is 0 Å². The Hall–Kier alpha value is -4.36. The van der Waals surface area contributed by atoms with Crippen LogP contribution in [0.25, 0.3) is 11.0 Å². The highest BCUT2D eigenvalue weighted by molar-refractivity contribution is 5.96. The van der Waals surface area contributed by atoms with E-state index in [1.807, 2.05) is 32.2 Å². The molecule has 0 atom stereocenters. The molecule has 3 N–H and O–H groups in total. The number of nitrogens with one attached hydrogen (secondary N) is 3. The van der Waals surface area contributed by atoms with Crippen molar-refractivity contribution in [1.29, 1.82) is 0 Å². The fourth-order valence-electron chi connectivity index (χ4n) is 5.68. The maximum atomic E-state index is 13.0. The van der Waals surface area contributed by atoms with Crippen LogP contribution < -0.4 is 20.9 Å². The van der Waals surface area contributed by atoms with Gasteiger partial charge in [-0.25, -0.2) is 14.6 Å². The Morgan fingerprint density at radius 2 is 1.91 bits per heavy atom. The molecular formula is C30H39N11O2. The van der Waals surface area contributed by atoms with Crippen LogP contribution in [0.15, 0.2) is 36.8 Å². The third-order valence-corrected chi connectivity index (χ3v) is 8.26. The van der Waals surface area contributed by atoms with Crippen LogP contribution >= 0.6 is 0 Å². The molecule has 1 amide bonds. The zero-order valence-corrected chi connectivity index (χ0v) is 25.2. The van der Waals surface area contributed by atoms with Gasteiger partial charge in [-0.05, 0) is 52.3 Å². The molecule has 2 aliphatic heterocycles. The summed E-state index contributed by atoms with van der Waals surface area (Å²) in [5.41, 5.74) is 3.63. The van der Waals surface area contributed by atoms with E-state index in [9.17, 15) is 4.79 Å². The number of morpholine rings is 1. The Morgan fingerprint density at radius 1 is 1.07 bits per heavy atom. The average molecular weight is 586 g/mol. The number of rotatable bonds is 9. The molecule has 2 saturated heterocycles. The van der Waals surface area contributed by atoms with Crippen molar-refractivity contribution in [2.75, 3.05) is 61.5 Å². The van der Waals surface area contributed by atoms with E-state index < -0.39 is 0 Å². The Morgan fingerprint density at radius 3 is 2.70 bits per heavy atom. The minimum absolute atomic E-state index is 0.148. The zero-order chi connectivity index (χ0) is 30.0. The van der Waals surface area contributed by atoms with Gasteiger partial charge in [-0.1, -0.05) is 0 Å². The lowest BCUT2D eigenvalue weighted by molar-refractivity contribution is 0.0940. The van der Waals surface area contributed by atoms with Crippen LogP contribution in [-0.4, -0.2) is 92.0 Å². The number of fused-ring (bicyclic) bond motifs is 1. The van der Waals surface area contributed by atoms with E-state index in [-0.39, 0.29) is 11.4 Å². The van der Waals surface area contributed by atoms with Crippen molar-refractivity contribution in [3.05, 3.63) is 48.0 Å². The molecule has 2 aliphatic rings. The standard InChI is InChI=1S/C30H39N11O2/c1-20-24(16-21(18-33-20)28(42)32-9-11-41-10-5-7-30(41,2)3)36-26-23-19-34-29(37-27(23)39(4)38-26)35-22-6-8-31-25(17-22)40-12-14-43-15-13-40/h6,8,16-19H,5,7,9-15H2,1-4H3,(H,32,42)(H,36,38)(H,31,34,35,37). The van der Waals surface area contributed by atoms with Gasteiger partial charge in [0.1, 0.15) is 5.82 Å². The molecule has 0 unspecified atom stereocenters. The molecule has 2 fully saturated rings. The first-order valence-electron chi connectivity index (χ1n) is 14.8. The first-order valence-corrected chi connectivity index (χ1v) is 14.8. The smallest absolute Gasteiger partial charge is 0.252 e. The number of nitrogens with zero attached hydrogens (tertiary/aromatic N) is 8. The average Bonchev–Trinajstić information content (AvgIpc) is 3.51. The van der Waals surface area contributed by atoms with Gasteiger partial charge in [0.15, 0.2) is 11.5 Å². The monoisotopic (exact) mass is 585 g/mol. The molecule has 6 heterocycles. The number of aryl methyl sites for hydroxylation is 2. The Labute approximate surface area is 251 Å². The summed E-state index contributed by atoms with van der Waals surface area (Å²) in [5, 5.41) is 15.1. The van der Waals surface area contributed by atoms with E-state index in [4.69, 9.17) is 9.72 Å². The van der Waals surface area contributed by atoms with Crippen LogP contribution in [-0.2, 0) is 11.8 Å². The number of amides is 1. The lowest BCUT2D eigenvalue weighted by atomic mass is 10.0. The van der Waals surface area contributed by atoms with Gasteiger partial charge < -0.3 is 25.6 Å². The molecule has 4 aromatic rings. The first kappa shape index (κ1) is 28.7. The molecule has 4 aromatic heterocycles. The highest BCUT2D eigenvalue weighted by Gasteiger charge is 2.31. The number of carbonyl (C=O) groups excluding carboxylic acids is 1. The number of likely N-dealkylation sites (tertiary alicyclic amines) is 1. The predicted octanol–water partition coefficient (Wildman–Crippen LogP) is 3.39. The van der Waals surface area contributed by atoms with Crippen LogP contribution in [0.5, 0.6) is 0 Å². The number of aromatic nitrogens is 6. The van der Waals surface area contributed by atoms with Gasteiger partial charge in [-0.3, -0.25) is 14.7 Å². The minimum Gasteiger partial charge on any atom is -0.378 e. The highest BCUT2D eigenvalue weighted by Crippen LogP contribution is 2.28. The lowest BCUT2D eigenvalue weighted by Crippen LogP contribution is -2.43. The van der Waals surface area contributed by atoms with E-state index in [0.29, 0.717) is 48.4 Å². The Kier molecular flexibility index (Phi) is 8.08. The maximum Gasteiger partial charge on any atom is 0.252 e. The maximum absolute atomic E-state index is 13.0. The third-order valence-electron chi connectivity index (χ3n) is 8.26. The van der Waals surface area contributed by atoms with Crippen LogP contribution in [0.1, 0.15) is 42.7 Å². The van der Waals surface area contributed by atoms with Gasteiger partial charge in [-0.2, -0.15) is 10.1 Å². The van der Waals surface area contributed by atoms with Crippen LogP contribution in [0.4, 0.5) is 29.0 Å². The molecule has 6 rings (SSSR count). The van der Waals surface area contributed by atoms with Crippen LogP contribution in [0.3, 0.4) is 0 Å². The molecule has 0 saturated carbocycles. The summed E-state index contributed by atoms with van der Waals surface area (Å²) >= 11 is 0. The summed E-state index contributed by atoms with van der Waals surface area (Å²) in [7, 11) is 1.84. The molecule has 0 spiro atoms. The molecular weight excluding hydrogens is 546 g/mol. The number of hydrogen-bond acceptors (Lipinski definition) is 11. The second kappa shape index (κ2) is 12.1. The number of carbonyl (C=O) groups is 1. The van der Waals surface area contributed by atoms with Gasteiger partial charge in [0.05, 0.1) is 35.5 Å².